The minimum Gasteiger partial charge on any atom is -0.465 e. The van der Waals surface area contributed by atoms with Gasteiger partial charge in [-0.15, -0.1) is 0 Å². The van der Waals surface area contributed by atoms with Crippen molar-refractivity contribution >= 4 is 34.6 Å². The lowest BCUT2D eigenvalue weighted by molar-refractivity contribution is -0.145. The van der Waals surface area contributed by atoms with E-state index < -0.39 is 36.6 Å². The Balaban J connectivity index is 1.53. The van der Waals surface area contributed by atoms with E-state index >= 15 is 0 Å². The number of nitrogen functional groups attached to an aromatic ring is 1. The number of anilines is 1. The molecule has 3 rings (SSSR count). The highest BCUT2D eigenvalue weighted by Crippen LogP contribution is 2.34. The van der Waals surface area contributed by atoms with Crippen LogP contribution in [-0.4, -0.2) is 73.2 Å². The van der Waals surface area contributed by atoms with Crippen LogP contribution in [0.25, 0.3) is 11.0 Å². The number of hydrogen-bond acceptors (Lipinski definition) is 10. The van der Waals surface area contributed by atoms with Crippen LogP contribution in [0, 0.1) is 0 Å². The Kier molecular flexibility index (Phi) is 7.30. The van der Waals surface area contributed by atoms with E-state index in [4.69, 9.17) is 20.9 Å². The highest BCUT2D eigenvalue weighted by molar-refractivity contribution is 7.99. The molecule has 6 N–H and O–H groups in total. The van der Waals surface area contributed by atoms with E-state index in [0.29, 0.717) is 41.4 Å². The fourth-order valence-corrected chi connectivity index (χ4v) is 4.23. The van der Waals surface area contributed by atoms with Crippen LogP contribution in [0.3, 0.4) is 0 Å². The predicted octanol–water partition coefficient (Wildman–Crippen LogP) is 0.0365. The van der Waals surface area contributed by atoms with Crippen molar-refractivity contribution in [2.24, 2.45) is 5.73 Å². The average Bonchev–Trinajstić information content (AvgIpc) is 3.26. The third kappa shape index (κ3) is 4.81. The van der Waals surface area contributed by atoms with Gasteiger partial charge in [0.25, 0.3) is 0 Å². The molecule has 1 aliphatic heterocycles. The number of carbonyl (C=O) groups excluding carboxylic acids is 1. The summed E-state index contributed by atoms with van der Waals surface area (Å²) in [5, 5.41) is 21.5. The molecular weight excluding hydrogens is 398 g/mol. The average molecular weight is 426 g/mol. The molecule has 11 heteroatoms. The topological polar surface area (TPSA) is 159 Å². The molecule has 0 radical (unpaired) electrons. The molecule has 160 valence electrons. The highest BCUT2D eigenvalue weighted by atomic mass is 32.2. The van der Waals surface area contributed by atoms with Gasteiger partial charge in [0.2, 0.25) is 0 Å². The molecule has 1 aliphatic rings. The molecule has 1 saturated heterocycles. The molecular formula is C18H27N5O5S. The summed E-state index contributed by atoms with van der Waals surface area (Å²) in [5.74, 6) is 0.983. The van der Waals surface area contributed by atoms with Crippen molar-refractivity contribution in [1.29, 1.82) is 0 Å². The van der Waals surface area contributed by atoms with Crippen molar-refractivity contribution in [1.82, 2.24) is 14.5 Å². The summed E-state index contributed by atoms with van der Waals surface area (Å²) >= 11 is 1.49. The number of hydrogen-bond donors (Lipinski definition) is 4. The van der Waals surface area contributed by atoms with E-state index in [-0.39, 0.29) is 0 Å². The molecule has 29 heavy (non-hydrogen) atoms. The molecule has 0 aliphatic carbocycles. The number of rotatable bonds is 9. The smallest absolute Gasteiger partial charge is 0.322 e. The van der Waals surface area contributed by atoms with Crippen LogP contribution in [-0.2, 0) is 14.3 Å². The van der Waals surface area contributed by atoms with Gasteiger partial charge in [-0.2, -0.15) is 11.8 Å². The first-order chi connectivity index (χ1) is 13.9. The summed E-state index contributed by atoms with van der Waals surface area (Å²) in [7, 11) is 0. The zero-order valence-electron chi connectivity index (χ0n) is 16.2. The first-order valence-electron chi connectivity index (χ1n) is 9.52. The number of esters is 1. The Labute approximate surface area is 172 Å². The van der Waals surface area contributed by atoms with Crippen LogP contribution in [0.15, 0.2) is 18.6 Å². The Bertz CT molecular complexity index is 834. The molecule has 5 atom stereocenters. The van der Waals surface area contributed by atoms with Crippen LogP contribution in [0.5, 0.6) is 0 Å². The van der Waals surface area contributed by atoms with Gasteiger partial charge in [0.1, 0.15) is 36.0 Å². The van der Waals surface area contributed by atoms with E-state index in [0.717, 1.165) is 6.42 Å². The molecule has 0 saturated carbocycles. The third-order valence-corrected chi connectivity index (χ3v) is 5.85. The number of aromatic nitrogens is 3. The van der Waals surface area contributed by atoms with Gasteiger partial charge in [0.15, 0.2) is 6.23 Å². The lowest BCUT2D eigenvalue weighted by atomic mass is 10.1. The number of nitrogens with two attached hydrogens (primary N) is 2. The van der Waals surface area contributed by atoms with Gasteiger partial charge in [0.05, 0.1) is 18.1 Å². The molecule has 0 bridgehead atoms. The van der Waals surface area contributed by atoms with Crippen molar-refractivity contribution in [3.05, 3.63) is 18.6 Å². The molecule has 10 nitrogen and oxygen atoms in total. The highest BCUT2D eigenvalue weighted by Gasteiger charge is 2.43. The molecule has 0 aromatic carbocycles. The maximum Gasteiger partial charge on any atom is 0.322 e. The van der Waals surface area contributed by atoms with Crippen LogP contribution >= 0.6 is 11.8 Å². The largest absolute Gasteiger partial charge is 0.465 e. The Hall–Kier alpha value is -1.92. The lowest BCUT2D eigenvalue weighted by Gasteiger charge is -2.17. The SMILES string of the molecule is CCCOC(=O)C(N)CCSCC1OC(n2ccc3c(N)ncnc32)C(O)C1O. The van der Waals surface area contributed by atoms with Crippen LogP contribution in [0.2, 0.25) is 0 Å². The number of thioether (sulfide) groups is 1. The number of fused-ring (bicyclic) bond motifs is 1. The van der Waals surface area contributed by atoms with Crippen molar-refractivity contribution in [3.8, 4) is 0 Å². The minimum atomic E-state index is -1.11. The van der Waals surface area contributed by atoms with E-state index in [1.165, 1.54) is 18.1 Å². The number of aliphatic hydroxyl groups excluding tert-OH is 2. The first kappa shape index (κ1) is 21.8. The summed E-state index contributed by atoms with van der Waals surface area (Å²) in [6.45, 7) is 2.29. The number of carbonyl (C=O) groups is 1. The Morgan fingerprint density at radius 2 is 2.21 bits per heavy atom. The Morgan fingerprint density at radius 3 is 2.97 bits per heavy atom. The van der Waals surface area contributed by atoms with Crippen LogP contribution in [0.1, 0.15) is 26.0 Å². The van der Waals surface area contributed by atoms with E-state index in [2.05, 4.69) is 9.97 Å². The summed E-state index contributed by atoms with van der Waals surface area (Å²) in [6.07, 6.45) is 0.740. The van der Waals surface area contributed by atoms with Gasteiger partial charge in [-0.05, 0) is 24.7 Å². The molecule has 2 aromatic rings. The molecule has 3 heterocycles. The van der Waals surface area contributed by atoms with Gasteiger partial charge in [0, 0.05) is 11.9 Å². The van der Waals surface area contributed by atoms with Crippen molar-refractivity contribution < 1.29 is 24.5 Å². The van der Waals surface area contributed by atoms with Crippen molar-refractivity contribution in [2.75, 3.05) is 23.8 Å². The van der Waals surface area contributed by atoms with Gasteiger partial charge in [-0.1, -0.05) is 6.92 Å². The lowest BCUT2D eigenvalue weighted by Crippen LogP contribution is -2.34. The monoisotopic (exact) mass is 425 g/mol. The van der Waals surface area contributed by atoms with Gasteiger partial charge in [-0.25, -0.2) is 9.97 Å². The number of ether oxygens (including phenoxy) is 2. The number of nitrogens with zero attached hydrogens (tertiary/aromatic N) is 3. The Morgan fingerprint density at radius 1 is 1.41 bits per heavy atom. The fourth-order valence-electron chi connectivity index (χ4n) is 3.13. The van der Waals surface area contributed by atoms with E-state index in [1.54, 1.807) is 16.8 Å². The number of aliphatic hydroxyl groups is 2. The van der Waals surface area contributed by atoms with Crippen molar-refractivity contribution in [3.63, 3.8) is 0 Å². The predicted molar refractivity (Wildman–Crippen MR) is 109 cm³/mol. The quantitative estimate of drug-likeness (QED) is 0.319. The summed E-state index contributed by atoms with van der Waals surface area (Å²) in [5.41, 5.74) is 12.2. The maximum absolute atomic E-state index is 11.7. The zero-order valence-corrected chi connectivity index (χ0v) is 17.0. The second kappa shape index (κ2) is 9.72. The summed E-state index contributed by atoms with van der Waals surface area (Å²) in [6, 6.07) is 1.08. The van der Waals surface area contributed by atoms with Gasteiger partial charge < -0.3 is 35.7 Å². The van der Waals surface area contributed by atoms with Crippen LogP contribution in [0.4, 0.5) is 5.82 Å². The summed E-state index contributed by atoms with van der Waals surface area (Å²) in [4.78, 5) is 19.8. The van der Waals surface area contributed by atoms with E-state index in [1.807, 2.05) is 6.92 Å². The molecule has 1 fully saturated rings. The standard InChI is InChI=1S/C18H27N5O5S/c1-2-6-27-18(26)11(19)4-7-29-8-12-13(24)14(25)17(28-12)23-5-3-10-15(20)21-9-22-16(10)23/h3,5,9,11-14,17,24-25H,2,4,6-8,19H2,1H3,(H2,20,21,22). The molecule has 5 unspecified atom stereocenters. The summed E-state index contributed by atoms with van der Waals surface area (Å²) < 4.78 is 12.6. The minimum absolute atomic E-state index is 0.336. The zero-order chi connectivity index (χ0) is 21.0. The maximum atomic E-state index is 11.7. The van der Waals surface area contributed by atoms with Crippen molar-refractivity contribution in [2.45, 2.75) is 50.3 Å². The molecule has 0 amide bonds. The third-order valence-electron chi connectivity index (χ3n) is 4.76. The first-order valence-corrected chi connectivity index (χ1v) is 10.7. The fraction of sp³-hybridized carbons (Fsp3) is 0.611. The second-order valence-electron chi connectivity index (χ2n) is 6.90. The van der Waals surface area contributed by atoms with E-state index in [9.17, 15) is 15.0 Å². The normalized spacial score (nSPS) is 25.4. The second-order valence-corrected chi connectivity index (χ2v) is 8.05. The molecule has 0 spiro atoms. The van der Waals surface area contributed by atoms with Gasteiger partial charge in [-0.3, -0.25) is 4.79 Å². The van der Waals surface area contributed by atoms with Gasteiger partial charge >= 0.3 is 5.97 Å². The van der Waals surface area contributed by atoms with Crippen LogP contribution < -0.4 is 11.5 Å². The molecule has 2 aromatic heterocycles.